The van der Waals surface area contributed by atoms with Crippen molar-refractivity contribution in [2.75, 3.05) is 5.32 Å². The Kier molecular flexibility index (Phi) is 4.47. The van der Waals surface area contributed by atoms with Crippen LogP contribution in [0.3, 0.4) is 0 Å². The lowest BCUT2D eigenvalue weighted by molar-refractivity contribution is 0.102. The van der Waals surface area contributed by atoms with Crippen LogP contribution in [0.15, 0.2) is 24.3 Å². The highest BCUT2D eigenvalue weighted by Crippen LogP contribution is 2.19. The van der Waals surface area contributed by atoms with Gasteiger partial charge in [-0.25, -0.2) is 18.2 Å². The number of aryl methyl sites for hydroxylation is 1. The zero-order valence-corrected chi connectivity index (χ0v) is 11.6. The molecule has 0 bridgehead atoms. The number of pyridine rings is 1. The van der Waals surface area contributed by atoms with Crippen LogP contribution in [0.5, 0.6) is 0 Å². The number of nitrogens with one attached hydrogen (secondary N) is 1. The lowest BCUT2D eigenvalue weighted by Crippen LogP contribution is -2.13. The topological polar surface area (TPSA) is 42.0 Å². The van der Waals surface area contributed by atoms with E-state index in [0.29, 0.717) is 24.2 Å². The second-order valence-electron chi connectivity index (χ2n) is 4.23. The van der Waals surface area contributed by atoms with E-state index in [1.807, 2.05) is 6.92 Å². The first-order chi connectivity index (χ1) is 9.90. The van der Waals surface area contributed by atoms with Gasteiger partial charge in [-0.3, -0.25) is 4.79 Å². The molecular weight excluding hydrogens is 305 g/mol. The smallest absolute Gasteiger partial charge is 0.255 e. The number of amides is 1. The first-order valence-corrected chi connectivity index (χ1v) is 6.41. The van der Waals surface area contributed by atoms with Gasteiger partial charge in [0, 0.05) is 29.1 Å². The van der Waals surface area contributed by atoms with Crippen molar-refractivity contribution in [3.8, 4) is 0 Å². The molecule has 0 aliphatic heterocycles. The molecule has 1 amide bonds. The normalized spacial score (nSPS) is 10.5. The summed E-state index contributed by atoms with van der Waals surface area (Å²) in [5.41, 5.74) is 0.600. The minimum absolute atomic E-state index is 0.135. The zero-order valence-electron chi connectivity index (χ0n) is 10.9. The number of carbonyl (C=O) groups is 1. The fraction of sp³-hybridized carbons (Fsp3) is 0.143. The van der Waals surface area contributed by atoms with Crippen molar-refractivity contribution < 1.29 is 18.0 Å². The molecule has 3 nitrogen and oxygen atoms in total. The van der Waals surface area contributed by atoms with Crippen LogP contribution in [0.4, 0.5) is 18.9 Å². The van der Waals surface area contributed by atoms with Crippen molar-refractivity contribution in [1.29, 1.82) is 0 Å². The van der Waals surface area contributed by atoms with Crippen molar-refractivity contribution in [1.82, 2.24) is 4.98 Å². The predicted octanol–water partition coefficient (Wildman–Crippen LogP) is 3.97. The van der Waals surface area contributed by atoms with Gasteiger partial charge in [-0.05, 0) is 18.6 Å². The number of aromatic nitrogens is 1. The van der Waals surface area contributed by atoms with Crippen LogP contribution in [0, 0.1) is 17.5 Å². The highest BCUT2D eigenvalue weighted by molar-refractivity contribution is 6.29. The zero-order chi connectivity index (χ0) is 15.6. The Labute approximate surface area is 123 Å². The fourth-order valence-electron chi connectivity index (χ4n) is 1.69. The molecule has 2 aromatic rings. The molecule has 0 radical (unpaired) electrons. The number of rotatable bonds is 3. The molecule has 0 unspecified atom stereocenters. The Bertz CT molecular complexity index is 684. The molecule has 0 aliphatic carbocycles. The molecule has 7 heteroatoms. The summed E-state index contributed by atoms with van der Waals surface area (Å²) in [6.07, 6.45) is 0.570. The van der Waals surface area contributed by atoms with Gasteiger partial charge in [-0.15, -0.1) is 0 Å². The maximum Gasteiger partial charge on any atom is 0.255 e. The molecule has 0 aliphatic rings. The SMILES string of the molecule is CCc1cc(C(=O)Nc2cc(F)c(F)c(F)c2)cc(Cl)n1. The average Bonchev–Trinajstić information content (AvgIpc) is 2.43. The van der Waals surface area contributed by atoms with E-state index in [1.165, 1.54) is 12.1 Å². The van der Waals surface area contributed by atoms with Crippen LogP contribution < -0.4 is 5.32 Å². The van der Waals surface area contributed by atoms with Crippen LogP contribution in [-0.4, -0.2) is 10.9 Å². The summed E-state index contributed by atoms with van der Waals surface area (Å²) in [5.74, 6) is -4.98. The molecule has 0 saturated carbocycles. The predicted molar refractivity (Wildman–Crippen MR) is 72.9 cm³/mol. The largest absolute Gasteiger partial charge is 0.322 e. The minimum Gasteiger partial charge on any atom is -0.322 e. The van der Waals surface area contributed by atoms with Crippen molar-refractivity contribution in [3.05, 3.63) is 58.1 Å². The number of anilines is 1. The molecule has 21 heavy (non-hydrogen) atoms. The third-order valence-corrected chi connectivity index (χ3v) is 2.91. The molecule has 0 atom stereocenters. The summed E-state index contributed by atoms with van der Waals surface area (Å²) >= 11 is 5.79. The van der Waals surface area contributed by atoms with E-state index in [4.69, 9.17) is 11.6 Å². The van der Waals surface area contributed by atoms with E-state index in [2.05, 4.69) is 10.3 Å². The van der Waals surface area contributed by atoms with Gasteiger partial charge in [0.05, 0.1) is 0 Å². The standard InChI is InChI=1S/C14H10ClF3N2O/c1-2-8-3-7(4-12(15)19-8)14(21)20-9-5-10(16)13(18)11(17)6-9/h3-6H,2H2,1H3,(H,20,21). The lowest BCUT2D eigenvalue weighted by Gasteiger charge is -2.08. The molecule has 0 saturated heterocycles. The van der Waals surface area contributed by atoms with Crippen molar-refractivity contribution in [3.63, 3.8) is 0 Å². The van der Waals surface area contributed by atoms with Gasteiger partial charge in [-0.2, -0.15) is 0 Å². The third-order valence-electron chi connectivity index (χ3n) is 2.71. The molecular formula is C14H10ClF3N2O. The first-order valence-electron chi connectivity index (χ1n) is 6.03. The molecule has 110 valence electrons. The molecule has 1 heterocycles. The van der Waals surface area contributed by atoms with Crippen LogP contribution >= 0.6 is 11.6 Å². The number of hydrogen-bond acceptors (Lipinski definition) is 2. The van der Waals surface area contributed by atoms with Gasteiger partial charge in [-0.1, -0.05) is 18.5 Å². The second kappa shape index (κ2) is 6.13. The van der Waals surface area contributed by atoms with E-state index in [0.717, 1.165) is 0 Å². The number of nitrogens with zero attached hydrogens (tertiary/aromatic N) is 1. The Hall–Kier alpha value is -2.08. The summed E-state index contributed by atoms with van der Waals surface area (Å²) in [6, 6.07) is 4.23. The monoisotopic (exact) mass is 314 g/mol. The number of halogens is 4. The van der Waals surface area contributed by atoms with Crippen LogP contribution in [0.2, 0.25) is 5.15 Å². The quantitative estimate of drug-likeness (QED) is 0.688. The Balaban J connectivity index is 2.28. The maximum absolute atomic E-state index is 13.1. The Morgan fingerprint density at radius 3 is 2.38 bits per heavy atom. The molecule has 1 aromatic heterocycles. The van der Waals surface area contributed by atoms with E-state index in [9.17, 15) is 18.0 Å². The van der Waals surface area contributed by atoms with Crippen molar-refractivity contribution >= 4 is 23.2 Å². The van der Waals surface area contributed by atoms with E-state index in [-0.39, 0.29) is 16.4 Å². The number of hydrogen-bond donors (Lipinski definition) is 1. The molecule has 0 fully saturated rings. The van der Waals surface area contributed by atoms with Crippen LogP contribution in [0.1, 0.15) is 23.0 Å². The fourth-order valence-corrected chi connectivity index (χ4v) is 1.92. The van der Waals surface area contributed by atoms with Gasteiger partial charge >= 0.3 is 0 Å². The average molecular weight is 315 g/mol. The number of carbonyl (C=O) groups excluding carboxylic acids is 1. The van der Waals surface area contributed by atoms with Crippen molar-refractivity contribution in [2.45, 2.75) is 13.3 Å². The third kappa shape index (κ3) is 3.52. The molecule has 1 aromatic carbocycles. The lowest BCUT2D eigenvalue weighted by atomic mass is 10.2. The second-order valence-corrected chi connectivity index (χ2v) is 4.62. The summed E-state index contributed by atoms with van der Waals surface area (Å²) in [6.45, 7) is 1.84. The van der Waals surface area contributed by atoms with Gasteiger partial charge in [0.1, 0.15) is 5.15 Å². The van der Waals surface area contributed by atoms with E-state index in [1.54, 1.807) is 0 Å². The summed E-state index contributed by atoms with van der Waals surface area (Å²) < 4.78 is 39.0. The highest BCUT2D eigenvalue weighted by atomic mass is 35.5. The van der Waals surface area contributed by atoms with Crippen LogP contribution in [0.25, 0.3) is 0 Å². The number of benzene rings is 1. The Morgan fingerprint density at radius 1 is 1.19 bits per heavy atom. The summed E-state index contributed by atoms with van der Waals surface area (Å²) in [4.78, 5) is 16.0. The Morgan fingerprint density at radius 2 is 1.81 bits per heavy atom. The van der Waals surface area contributed by atoms with Gasteiger partial charge in [0.15, 0.2) is 17.5 Å². The molecule has 1 N–H and O–H groups in total. The first kappa shape index (κ1) is 15.3. The summed E-state index contributed by atoms with van der Waals surface area (Å²) in [7, 11) is 0. The molecule has 2 rings (SSSR count). The van der Waals surface area contributed by atoms with Crippen LogP contribution in [-0.2, 0) is 6.42 Å². The van der Waals surface area contributed by atoms with Crippen molar-refractivity contribution in [2.24, 2.45) is 0 Å². The molecule has 0 spiro atoms. The van der Waals surface area contributed by atoms with Gasteiger partial charge in [0.25, 0.3) is 5.91 Å². The summed E-state index contributed by atoms with van der Waals surface area (Å²) in [5, 5.41) is 2.41. The minimum atomic E-state index is -1.59. The van der Waals surface area contributed by atoms with Gasteiger partial charge < -0.3 is 5.32 Å². The maximum atomic E-state index is 13.1. The van der Waals surface area contributed by atoms with Gasteiger partial charge in [0.2, 0.25) is 0 Å². The van der Waals surface area contributed by atoms with E-state index < -0.39 is 23.4 Å². The highest BCUT2D eigenvalue weighted by Gasteiger charge is 2.14. The van der Waals surface area contributed by atoms with E-state index >= 15 is 0 Å².